The molecule has 2 amide bonds. The van der Waals surface area contributed by atoms with Gasteiger partial charge in [0, 0.05) is 17.8 Å². The van der Waals surface area contributed by atoms with Gasteiger partial charge in [0.1, 0.15) is 0 Å². The van der Waals surface area contributed by atoms with Crippen LogP contribution in [0.15, 0.2) is 30.4 Å². The van der Waals surface area contributed by atoms with Gasteiger partial charge in [0.15, 0.2) is 0 Å². The highest BCUT2D eigenvalue weighted by Crippen LogP contribution is 2.13. The summed E-state index contributed by atoms with van der Waals surface area (Å²) in [7, 11) is 0. The monoisotopic (exact) mass is 218 g/mol. The molecule has 1 aliphatic rings. The number of imide groups is 1. The second-order valence-corrected chi connectivity index (χ2v) is 3.48. The predicted octanol–water partition coefficient (Wildman–Crippen LogP) is 1.08. The number of carbonyl (C=O) groups is 2. The molecule has 0 aromatic heterocycles. The number of rotatable bonds is 0. The number of hydrogen-bond acceptors (Lipinski definition) is 3. The molecule has 0 saturated heterocycles. The Balaban J connectivity index is 0.000000165. The molecule has 0 aliphatic carbocycles. The van der Waals surface area contributed by atoms with Gasteiger partial charge in [0.25, 0.3) is 11.8 Å². The van der Waals surface area contributed by atoms with E-state index in [0.717, 1.165) is 5.69 Å². The molecule has 1 heterocycles. The standard InChI is InChI=1S/C8H11N.C4H3NO2/c1-6-4-3-5-8(9)7(6)2;6-3-1-2-4(7)5-3/h3-5H,9H2,1-2H3;1-2H,(H,5,6,7). The lowest BCUT2D eigenvalue weighted by atomic mass is 10.1. The lowest BCUT2D eigenvalue weighted by Crippen LogP contribution is -2.19. The van der Waals surface area contributed by atoms with Crippen LogP contribution in [0.1, 0.15) is 11.1 Å². The summed E-state index contributed by atoms with van der Waals surface area (Å²) < 4.78 is 0. The summed E-state index contributed by atoms with van der Waals surface area (Å²) in [5.74, 6) is -0.657. The molecule has 0 fully saturated rings. The molecule has 4 heteroatoms. The van der Waals surface area contributed by atoms with E-state index in [0.29, 0.717) is 0 Å². The number of aryl methyl sites for hydroxylation is 1. The third-order valence-corrected chi connectivity index (χ3v) is 2.28. The predicted molar refractivity (Wildman–Crippen MR) is 62.6 cm³/mol. The van der Waals surface area contributed by atoms with Gasteiger partial charge >= 0.3 is 0 Å². The third-order valence-electron chi connectivity index (χ3n) is 2.28. The maximum atomic E-state index is 10.0. The van der Waals surface area contributed by atoms with Crippen LogP contribution in [0.4, 0.5) is 5.69 Å². The van der Waals surface area contributed by atoms with Crippen LogP contribution in [0.25, 0.3) is 0 Å². The van der Waals surface area contributed by atoms with Crippen molar-refractivity contribution in [1.29, 1.82) is 0 Å². The number of nitrogens with two attached hydrogens (primary N) is 1. The summed E-state index contributed by atoms with van der Waals surface area (Å²) in [6.45, 7) is 4.09. The van der Waals surface area contributed by atoms with E-state index in [1.807, 2.05) is 24.4 Å². The smallest absolute Gasteiger partial charge is 0.250 e. The van der Waals surface area contributed by atoms with Crippen molar-refractivity contribution in [1.82, 2.24) is 5.32 Å². The molecule has 1 aromatic rings. The van der Waals surface area contributed by atoms with Gasteiger partial charge < -0.3 is 5.73 Å². The second kappa shape index (κ2) is 5.11. The van der Waals surface area contributed by atoms with Crippen LogP contribution in [0.2, 0.25) is 0 Å². The van der Waals surface area contributed by atoms with Gasteiger partial charge in [-0.1, -0.05) is 12.1 Å². The van der Waals surface area contributed by atoms with E-state index < -0.39 is 0 Å². The molecule has 16 heavy (non-hydrogen) atoms. The highest BCUT2D eigenvalue weighted by atomic mass is 16.2. The first-order valence-electron chi connectivity index (χ1n) is 4.85. The van der Waals surface area contributed by atoms with E-state index in [9.17, 15) is 9.59 Å². The van der Waals surface area contributed by atoms with Crippen molar-refractivity contribution in [2.24, 2.45) is 0 Å². The van der Waals surface area contributed by atoms with Crippen LogP contribution in [-0.4, -0.2) is 11.8 Å². The normalized spacial score (nSPS) is 13.1. The Hall–Kier alpha value is -2.10. The topological polar surface area (TPSA) is 72.2 Å². The van der Waals surface area contributed by atoms with Gasteiger partial charge in [-0.25, -0.2) is 0 Å². The third kappa shape index (κ3) is 3.24. The number of benzene rings is 1. The van der Waals surface area contributed by atoms with Crippen LogP contribution in [0.3, 0.4) is 0 Å². The Morgan fingerprint density at radius 2 is 1.62 bits per heavy atom. The van der Waals surface area contributed by atoms with Gasteiger partial charge in [0.05, 0.1) is 0 Å². The van der Waals surface area contributed by atoms with Gasteiger partial charge in [-0.3, -0.25) is 14.9 Å². The Kier molecular flexibility index (Phi) is 3.83. The Morgan fingerprint density at radius 1 is 1.06 bits per heavy atom. The lowest BCUT2D eigenvalue weighted by Gasteiger charge is -2.00. The number of anilines is 1. The van der Waals surface area contributed by atoms with Gasteiger partial charge in [-0.05, 0) is 31.0 Å². The molecule has 0 unspecified atom stereocenters. The van der Waals surface area contributed by atoms with E-state index in [-0.39, 0.29) is 11.8 Å². The second-order valence-electron chi connectivity index (χ2n) is 3.48. The molecule has 0 spiro atoms. The van der Waals surface area contributed by atoms with Crippen molar-refractivity contribution in [2.75, 3.05) is 5.73 Å². The minimum atomic E-state index is -0.329. The van der Waals surface area contributed by atoms with Crippen molar-refractivity contribution in [3.05, 3.63) is 41.5 Å². The first-order valence-corrected chi connectivity index (χ1v) is 4.85. The van der Waals surface area contributed by atoms with Crippen molar-refractivity contribution in [3.63, 3.8) is 0 Å². The fraction of sp³-hybridized carbons (Fsp3) is 0.167. The summed E-state index contributed by atoms with van der Waals surface area (Å²) in [4.78, 5) is 20.1. The first kappa shape index (κ1) is 12.0. The molecule has 4 nitrogen and oxygen atoms in total. The Bertz CT molecular complexity index is 414. The van der Waals surface area contributed by atoms with Crippen molar-refractivity contribution >= 4 is 17.5 Å². The molecule has 0 atom stereocenters. The molecule has 0 saturated carbocycles. The van der Waals surface area contributed by atoms with Gasteiger partial charge in [-0.2, -0.15) is 0 Å². The zero-order valence-electron chi connectivity index (χ0n) is 9.28. The summed E-state index contributed by atoms with van der Waals surface area (Å²) in [5, 5.41) is 2.03. The van der Waals surface area contributed by atoms with Gasteiger partial charge in [-0.15, -0.1) is 0 Å². The molecule has 1 aromatic carbocycles. The number of amides is 2. The number of nitrogen functional groups attached to an aromatic ring is 1. The molecule has 2 rings (SSSR count). The maximum absolute atomic E-state index is 10.0. The van der Waals surface area contributed by atoms with Crippen LogP contribution in [0, 0.1) is 13.8 Å². The van der Waals surface area contributed by atoms with E-state index in [2.05, 4.69) is 13.0 Å². The summed E-state index contributed by atoms with van der Waals surface area (Å²) >= 11 is 0. The van der Waals surface area contributed by atoms with E-state index in [4.69, 9.17) is 5.73 Å². The largest absolute Gasteiger partial charge is 0.399 e. The molecular formula is C12H14N2O2. The highest BCUT2D eigenvalue weighted by Gasteiger charge is 2.06. The van der Waals surface area contributed by atoms with Crippen LogP contribution < -0.4 is 11.1 Å². The average molecular weight is 218 g/mol. The zero-order chi connectivity index (χ0) is 12.1. The number of carbonyl (C=O) groups excluding carboxylic acids is 2. The van der Waals surface area contributed by atoms with E-state index in [1.54, 1.807) is 0 Å². The van der Waals surface area contributed by atoms with Crippen molar-refractivity contribution < 1.29 is 9.59 Å². The molecule has 1 aliphatic heterocycles. The average Bonchev–Trinajstić information content (AvgIpc) is 2.60. The van der Waals surface area contributed by atoms with Gasteiger partial charge in [0.2, 0.25) is 0 Å². The SMILES string of the molecule is Cc1cccc(N)c1C.O=C1C=CC(=O)N1. The zero-order valence-corrected chi connectivity index (χ0v) is 9.28. The van der Waals surface area contributed by atoms with E-state index in [1.165, 1.54) is 23.3 Å². The minimum Gasteiger partial charge on any atom is -0.399 e. The Morgan fingerprint density at radius 3 is 1.94 bits per heavy atom. The molecule has 0 radical (unpaired) electrons. The maximum Gasteiger partial charge on any atom is 0.250 e. The Labute approximate surface area is 94.1 Å². The van der Waals surface area contributed by atoms with Crippen molar-refractivity contribution in [3.8, 4) is 0 Å². The number of nitrogens with one attached hydrogen (secondary N) is 1. The van der Waals surface area contributed by atoms with Crippen LogP contribution in [-0.2, 0) is 9.59 Å². The van der Waals surface area contributed by atoms with E-state index >= 15 is 0 Å². The van der Waals surface area contributed by atoms with Crippen LogP contribution >= 0.6 is 0 Å². The fourth-order valence-corrected chi connectivity index (χ4v) is 1.13. The number of hydrogen-bond donors (Lipinski definition) is 2. The fourth-order valence-electron chi connectivity index (χ4n) is 1.13. The molecular weight excluding hydrogens is 204 g/mol. The van der Waals surface area contributed by atoms with Crippen molar-refractivity contribution in [2.45, 2.75) is 13.8 Å². The summed E-state index contributed by atoms with van der Waals surface area (Å²) in [6.07, 6.45) is 2.39. The molecule has 0 bridgehead atoms. The van der Waals surface area contributed by atoms with Crippen LogP contribution in [0.5, 0.6) is 0 Å². The summed E-state index contributed by atoms with van der Waals surface area (Å²) in [6, 6.07) is 5.95. The minimum absolute atomic E-state index is 0.329. The molecule has 84 valence electrons. The quantitative estimate of drug-likeness (QED) is 0.505. The lowest BCUT2D eigenvalue weighted by molar-refractivity contribution is -0.123. The summed E-state index contributed by atoms with van der Waals surface area (Å²) in [5.41, 5.74) is 8.96. The molecule has 3 N–H and O–H groups in total. The highest BCUT2D eigenvalue weighted by molar-refractivity contribution is 6.12. The first-order chi connectivity index (χ1) is 7.50.